The lowest BCUT2D eigenvalue weighted by atomic mass is 9.87. The Bertz CT molecular complexity index is 2970. The summed E-state index contributed by atoms with van der Waals surface area (Å²) in [5.74, 6) is -1.16. The van der Waals surface area contributed by atoms with Crippen LogP contribution in [0.15, 0.2) is 55.1 Å². The minimum absolute atomic E-state index is 0.0180. The predicted octanol–water partition coefficient (Wildman–Crippen LogP) is 2.52. The Kier molecular flexibility index (Phi) is 18.3. The summed E-state index contributed by atoms with van der Waals surface area (Å²) in [6.07, 6.45) is -7.18. The maximum atomic E-state index is 13.6. The molecule has 7 atom stereocenters. The average molecular weight is 1110 g/mol. The lowest BCUT2D eigenvalue weighted by Gasteiger charge is -2.30. The van der Waals surface area contributed by atoms with E-state index < -0.39 is 84.6 Å². The van der Waals surface area contributed by atoms with Crippen LogP contribution in [0, 0.1) is 12.3 Å². The molecule has 4 heterocycles. The van der Waals surface area contributed by atoms with Crippen molar-refractivity contribution in [3.8, 4) is 5.75 Å². The molecule has 5 aromatic rings. The van der Waals surface area contributed by atoms with E-state index in [1.807, 2.05) is 0 Å². The minimum atomic E-state index is -5.62. The maximum absolute atomic E-state index is 13.6. The Labute approximate surface area is 418 Å². The molecule has 2 amide bonds. The van der Waals surface area contributed by atoms with Gasteiger partial charge >= 0.3 is 23.5 Å². The van der Waals surface area contributed by atoms with Crippen molar-refractivity contribution >= 4 is 97.6 Å². The molecule has 10 N–H and O–H groups in total. The van der Waals surface area contributed by atoms with E-state index >= 15 is 0 Å². The number of phosphoric acid groups is 3. The average Bonchev–Trinajstić information content (AvgIpc) is 3.96. The Balaban J connectivity index is 0.927. The van der Waals surface area contributed by atoms with Crippen molar-refractivity contribution in [1.82, 2.24) is 34.7 Å². The van der Waals surface area contributed by atoms with Gasteiger partial charge in [0.15, 0.2) is 22.8 Å². The number of thioether (sulfide) groups is 1. The number of carbonyl (C=O) groups excluding carboxylic acids is 4. The Hall–Kier alpha value is -4.70. The lowest BCUT2D eigenvalue weighted by molar-refractivity contribution is -0.137. The van der Waals surface area contributed by atoms with Crippen molar-refractivity contribution in [3.63, 3.8) is 0 Å². The Morgan fingerprint density at radius 1 is 0.986 bits per heavy atom. The van der Waals surface area contributed by atoms with Crippen LogP contribution in [-0.4, -0.2) is 140 Å². The largest absolute Gasteiger partial charge is 0.497 e. The smallest absolute Gasteiger partial charge is 0.481 e. The normalized spacial score (nSPS) is 19.4. The fourth-order valence-corrected chi connectivity index (χ4v) is 10.9. The van der Waals surface area contributed by atoms with E-state index in [4.69, 9.17) is 35.9 Å². The second-order valence-corrected chi connectivity index (χ2v) is 22.4. The number of carbonyl (C=O) groups is 4. The predicted molar refractivity (Wildman–Crippen MR) is 255 cm³/mol. The molecule has 27 nitrogen and oxygen atoms in total. The second-order valence-electron chi connectivity index (χ2n) is 16.6. The van der Waals surface area contributed by atoms with E-state index in [9.17, 15) is 62.7 Å². The van der Waals surface area contributed by atoms with E-state index in [2.05, 4.69) is 34.4 Å². The van der Waals surface area contributed by atoms with Gasteiger partial charge in [-0.15, -0.1) is 0 Å². The number of aliphatic hydroxyl groups excluding tert-OH is 2. The van der Waals surface area contributed by atoms with Crippen molar-refractivity contribution in [2.75, 3.05) is 44.9 Å². The van der Waals surface area contributed by atoms with Crippen molar-refractivity contribution in [2.45, 2.75) is 64.3 Å². The van der Waals surface area contributed by atoms with Crippen molar-refractivity contribution in [3.05, 3.63) is 77.0 Å². The molecular formula is C40H50ClN8O19P3S. The summed E-state index contributed by atoms with van der Waals surface area (Å²) in [5, 5.41) is 27.6. The molecule has 32 heteroatoms. The molecule has 0 aliphatic carbocycles. The van der Waals surface area contributed by atoms with E-state index in [0.717, 1.165) is 29.0 Å². The van der Waals surface area contributed by atoms with Crippen LogP contribution < -0.4 is 21.1 Å². The molecule has 0 bridgehead atoms. The number of methoxy groups -OCH3 is 1. The van der Waals surface area contributed by atoms with E-state index in [1.165, 1.54) is 25.5 Å². The standard InChI is InChI=1S/C40H50ClN8O19P3S/c1-21-25(26-15-24(63-4)9-10-27(26)49(21)38(55)22-5-7-23(41)8-6-22)16-30(51)72-14-13-43-29(50)11-12-44-37(54)34(53)40(2,3)18-65-71(61,62)68-70(59,60)64-17-28-33(67-69(56,57)58)32(52)39(66-28)48-20-47-31-35(42)45-19-46-36(31)48/h5-10,15,19-20,28,32-34,39,52-53H,11-14,16-18H2,1-4H3,(H,43,50)(H,44,54)(H,59,60)(H,61,62)(H2,42,45,46)(H2,56,57,58). The van der Waals surface area contributed by atoms with Crippen molar-refractivity contribution in [1.29, 1.82) is 0 Å². The molecule has 392 valence electrons. The number of hydrogen-bond acceptors (Lipinski definition) is 20. The number of nitrogen functional groups attached to an aromatic ring is 1. The highest BCUT2D eigenvalue weighted by Gasteiger charge is 2.50. The number of benzene rings is 2. The van der Waals surface area contributed by atoms with Gasteiger partial charge in [-0.3, -0.25) is 41.9 Å². The summed E-state index contributed by atoms with van der Waals surface area (Å²) in [6, 6.07) is 11.6. The Morgan fingerprint density at radius 3 is 2.36 bits per heavy atom. The number of aromatic nitrogens is 5. The monoisotopic (exact) mass is 1110 g/mol. The number of nitrogens with zero attached hydrogens (tertiary/aromatic N) is 5. The molecule has 7 unspecified atom stereocenters. The number of hydrogen-bond donors (Lipinski definition) is 9. The lowest BCUT2D eigenvalue weighted by Crippen LogP contribution is -2.46. The molecule has 72 heavy (non-hydrogen) atoms. The first kappa shape index (κ1) is 56.6. The Morgan fingerprint density at radius 2 is 1.68 bits per heavy atom. The molecule has 0 spiro atoms. The third-order valence-corrected chi connectivity index (χ3v) is 15.1. The summed E-state index contributed by atoms with van der Waals surface area (Å²) < 4.78 is 69.5. The topological polar surface area (TPSA) is 395 Å². The number of phosphoric ester groups is 3. The zero-order valence-corrected chi connectivity index (χ0v) is 42.7. The third kappa shape index (κ3) is 14.1. The van der Waals surface area contributed by atoms with Crippen LogP contribution in [-0.2, 0) is 57.1 Å². The molecule has 1 aliphatic heterocycles. The fraction of sp³-hybridized carbons (Fsp3) is 0.425. The van der Waals surface area contributed by atoms with Gasteiger partial charge in [-0.1, -0.05) is 37.2 Å². The number of imidazole rings is 1. The van der Waals surface area contributed by atoms with Crippen molar-refractivity contribution in [2.24, 2.45) is 5.41 Å². The molecule has 6 rings (SSSR count). The number of ether oxygens (including phenoxy) is 2. The number of halogens is 1. The van der Waals surface area contributed by atoms with Gasteiger partial charge < -0.3 is 55.6 Å². The van der Waals surface area contributed by atoms with Crippen LogP contribution in [0.1, 0.15) is 48.1 Å². The van der Waals surface area contributed by atoms with Crippen LogP contribution in [0.5, 0.6) is 5.75 Å². The van der Waals surface area contributed by atoms with Crippen LogP contribution in [0.3, 0.4) is 0 Å². The van der Waals surface area contributed by atoms with Gasteiger partial charge in [-0.2, -0.15) is 4.31 Å². The highest BCUT2D eigenvalue weighted by Crippen LogP contribution is 2.61. The molecule has 0 saturated carbocycles. The number of nitrogens with one attached hydrogen (secondary N) is 2. The molecule has 1 aliphatic rings. The number of rotatable bonds is 23. The number of anilines is 1. The van der Waals surface area contributed by atoms with Crippen LogP contribution >= 0.6 is 46.8 Å². The van der Waals surface area contributed by atoms with Gasteiger partial charge in [0.1, 0.15) is 42.0 Å². The van der Waals surface area contributed by atoms with E-state index in [-0.39, 0.29) is 59.7 Å². The van der Waals surface area contributed by atoms with E-state index in [1.54, 1.807) is 49.4 Å². The summed E-state index contributed by atoms with van der Waals surface area (Å²) >= 11 is 6.99. The summed E-state index contributed by atoms with van der Waals surface area (Å²) in [6.45, 7) is 1.96. The highest BCUT2D eigenvalue weighted by molar-refractivity contribution is 8.13. The quantitative estimate of drug-likeness (QED) is 0.0335. The summed E-state index contributed by atoms with van der Waals surface area (Å²) in [5.41, 5.74) is 6.39. The molecule has 1 fully saturated rings. The minimum Gasteiger partial charge on any atom is -0.497 e. The van der Waals surface area contributed by atoms with Crippen LogP contribution in [0.25, 0.3) is 22.1 Å². The van der Waals surface area contributed by atoms with Gasteiger partial charge in [-0.25, -0.2) is 28.6 Å². The maximum Gasteiger partial charge on any atom is 0.481 e. The number of amides is 2. The summed E-state index contributed by atoms with van der Waals surface area (Å²) in [4.78, 5) is 103. The van der Waals surface area contributed by atoms with Gasteiger partial charge in [0.25, 0.3) is 5.91 Å². The van der Waals surface area contributed by atoms with Gasteiger partial charge in [-0.05, 0) is 55.0 Å². The number of aliphatic hydroxyl groups is 2. The number of nitrogens with two attached hydrogens (primary N) is 1. The van der Waals surface area contributed by atoms with E-state index in [0.29, 0.717) is 38.5 Å². The first-order chi connectivity index (χ1) is 33.7. The zero-order valence-electron chi connectivity index (χ0n) is 38.5. The molecule has 3 aromatic heterocycles. The number of fused-ring (bicyclic) bond motifs is 2. The first-order valence-corrected chi connectivity index (χ1v) is 27.1. The van der Waals surface area contributed by atoms with Crippen LogP contribution in [0.2, 0.25) is 5.02 Å². The van der Waals surface area contributed by atoms with Crippen molar-refractivity contribution < 1.29 is 90.0 Å². The summed E-state index contributed by atoms with van der Waals surface area (Å²) in [7, 11) is -15.0. The van der Waals surface area contributed by atoms with Gasteiger partial charge in [0.05, 0.1) is 32.2 Å². The zero-order chi connectivity index (χ0) is 52.9. The SMILES string of the molecule is COc1ccc2c(c1)c(CC(=O)SCCNC(=O)CCNC(=O)C(O)C(C)(C)COP(=O)(O)OP(=O)(O)OCC1OC(n3cnc4c(N)ncnc43)C(O)C1OP(=O)(O)O)c(C)n2C(=O)c1ccc(Cl)cc1. The first-order valence-electron chi connectivity index (χ1n) is 21.2. The molecule has 1 saturated heterocycles. The molecule has 0 radical (unpaired) electrons. The second kappa shape index (κ2) is 23.2. The third-order valence-electron chi connectivity index (χ3n) is 10.9. The molecular weight excluding hydrogens is 1060 g/mol. The van der Waals surface area contributed by atoms with Gasteiger partial charge in [0, 0.05) is 58.8 Å². The fourth-order valence-electron chi connectivity index (χ4n) is 7.29. The molecule has 2 aromatic carbocycles. The van der Waals surface area contributed by atoms with Gasteiger partial charge in [0.2, 0.25) is 11.8 Å². The highest BCUT2D eigenvalue weighted by atomic mass is 35.5. The van der Waals surface area contributed by atoms with Crippen LogP contribution in [0.4, 0.5) is 5.82 Å².